The molecule has 7 nitrogen and oxygen atoms in total. The zero-order valence-corrected chi connectivity index (χ0v) is 50.3. The van der Waals surface area contributed by atoms with Crippen molar-refractivity contribution in [1.29, 1.82) is 0 Å². The standard InChI is InChI=1S/C62H91NO6P2/c1-38(26-28-64-70-66-51-43(30-39(55(2,3)4)34-47(51)59(14,15)16)44-31-40(56(5,6)7)35-48(52(44)67-70)60(17,18)19)63-27-29-65-71-68-53-45(32-41(57(8,9)10)36-49(53)61(20,21)22)46-33-42(58(11,12)13)37-50(54(46)69-71)62(23,24)25/h30-37,63H,1,26-29H2,2-25H3. The monoisotopic (exact) mass is 1010 g/mol. The molecule has 0 spiro atoms. The third kappa shape index (κ3) is 12.9. The fraction of sp³-hybridized carbons (Fsp3) is 0.581. The summed E-state index contributed by atoms with van der Waals surface area (Å²) in [6, 6.07) is 18.6. The summed E-state index contributed by atoms with van der Waals surface area (Å²) in [5.41, 5.74) is 12.6. The average molecular weight is 1010 g/mol. The maximum Gasteiger partial charge on any atom is 0.387 e. The molecule has 0 saturated heterocycles. The van der Waals surface area contributed by atoms with Crippen molar-refractivity contribution in [3.8, 4) is 0 Å². The van der Waals surface area contributed by atoms with E-state index in [4.69, 9.17) is 25.8 Å². The van der Waals surface area contributed by atoms with Gasteiger partial charge in [0.25, 0.3) is 0 Å². The minimum absolute atomic E-state index is 0.0800. The highest BCUT2D eigenvalue weighted by Gasteiger charge is 2.31. The Morgan fingerprint density at radius 1 is 0.380 bits per heavy atom. The lowest BCUT2D eigenvalue weighted by Crippen LogP contribution is -2.20. The summed E-state index contributed by atoms with van der Waals surface area (Å²) in [5, 5.41) is 7.71. The topological polar surface area (TPSA) is 83.1 Å². The van der Waals surface area contributed by atoms with Crippen LogP contribution in [0.15, 0.2) is 77.6 Å². The number of fused-ring (bicyclic) bond motifs is 6. The van der Waals surface area contributed by atoms with Gasteiger partial charge in [-0.2, -0.15) is 0 Å². The van der Waals surface area contributed by atoms with Crippen LogP contribution in [-0.2, 0) is 43.3 Å². The van der Waals surface area contributed by atoms with E-state index >= 15 is 0 Å². The van der Waals surface area contributed by atoms with Crippen LogP contribution in [0.2, 0.25) is 0 Å². The fourth-order valence-corrected chi connectivity index (χ4v) is 10.9. The van der Waals surface area contributed by atoms with E-state index in [1.165, 1.54) is 22.3 Å². The van der Waals surface area contributed by atoms with Crippen LogP contribution in [0.3, 0.4) is 0 Å². The van der Waals surface area contributed by atoms with Crippen LogP contribution in [0, 0.1) is 0 Å². The third-order valence-corrected chi connectivity index (χ3v) is 15.7. The van der Waals surface area contributed by atoms with Gasteiger partial charge in [-0.05, 0) is 89.8 Å². The van der Waals surface area contributed by atoms with E-state index in [1.807, 2.05) is 0 Å². The molecule has 0 saturated carbocycles. The van der Waals surface area contributed by atoms with Crippen molar-refractivity contribution in [2.24, 2.45) is 0 Å². The maximum atomic E-state index is 6.99. The molecule has 0 unspecified atom stereocenters. The molecule has 0 aliphatic rings. The Morgan fingerprint density at radius 3 is 0.845 bits per heavy atom. The SMILES string of the molecule is C=C(CCOp1oc2c(C(C)(C)C)cc(C(C)(C)C)cc2c2cc(C(C)(C)C)cc(C(C)(C)C)c2o1)NCCOp1oc2c(C(C)(C)C)cc(C(C)(C)C)cc2c2cc(C(C)(C)C)cc(C(C)(C)C)c2o1. The number of hydrogen-bond acceptors (Lipinski definition) is 7. The summed E-state index contributed by atoms with van der Waals surface area (Å²) in [6.45, 7) is 60.0. The first-order valence-electron chi connectivity index (χ1n) is 25.9. The Balaban J connectivity index is 1.35. The molecule has 2 heterocycles. The number of rotatable bonds is 9. The van der Waals surface area contributed by atoms with Gasteiger partial charge >= 0.3 is 16.5 Å². The fourth-order valence-electron chi connectivity index (χ4n) is 8.79. The van der Waals surface area contributed by atoms with Gasteiger partial charge in [0, 0.05) is 62.5 Å². The highest BCUT2D eigenvalue weighted by molar-refractivity contribution is 7.32. The second-order valence-electron chi connectivity index (χ2n) is 28.4. The second-order valence-corrected chi connectivity index (χ2v) is 30.5. The van der Waals surface area contributed by atoms with Crippen molar-refractivity contribution in [1.82, 2.24) is 5.32 Å². The first-order valence-corrected chi connectivity index (χ1v) is 28.1. The van der Waals surface area contributed by atoms with E-state index in [0.29, 0.717) is 26.2 Å². The van der Waals surface area contributed by atoms with Crippen molar-refractivity contribution < 1.29 is 25.8 Å². The zero-order valence-electron chi connectivity index (χ0n) is 48.5. The highest BCUT2D eigenvalue weighted by atomic mass is 31.1. The summed E-state index contributed by atoms with van der Waals surface area (Å²) in [5.74, 6) is 0. The molecule has 2 aromatic heterocycles. The highest BCUT2D eigenvalue weighted by Crippen LogP contribution is 2.47. The molecule has 0 atom stereocenters. The molecule has 6 aromatic rings. The van der Waals surface area contributed by atoms with Crippen LogP contribution in [0.4, 0.5) is 0 Å². The molecule has 0 amide bonds. The van der Waals surface area contributed by atoms with E-state index < -0.39 is 16.5 Å². The lowest BCUT2D eigenvalue weighted by Gasteiger charge is -2.27. The zero-order chi connectivity index (χ0) is 53.4. The quantitative estimate of drug-likeness (QED) is 0.144. The molecule has 4 aromatic carbocycles. The van der Waals surface area contributed by atoms with E-state index in [0.717, 1.165) is 71.8 Å². The van der Waals surface area contributed by atoms with Gasteiger partial charge in [0.2, 0.25) is 0 Å². The van der Waals surface area contributed by atoms with Gasteiger partial charge in [-0.3, -0.25) is 9.05 Å². The van der Waals surface area contributed by atoms with Crippen LogP contribution in [0.25, 0.3) is 43.9 Å². The summed E-state index contributed by atoms with van der Waals surface area (Å²) in [4.78, 5) is 0. The molecule has 6 rings (SSSR count). The molecule has 0 fully saturated rings. The number of nitrogens with one attached hydrogen (secondary N) is 1. The third-order valence-electron chi connectivity index (χ3n) is 13.6. The van der Waals surface area contributed by atoms with Crippen molar-refractivity contribution in [3.63, 3.8) is 0 Å². The summed E-state index contributed by atoms with van der Waals surface area (Å²) >= 11 is 0. The Morgan fingerprint density at radius 2 is 0.620 bits per heavy atom. The summed E-state index contributed by atoms with van der Waals surface area (Å²) in [7, 11) is -3.67. The lowest BCUT2D eigenvalue weighted by atomic mass is 9.77. The molecule has 0 radical (unpaired) electrons. The van der Waals surface area contributed by atoms with Crippen molar-refractivity contribution in [2.45, 2.75) is 216 Å². The molecule has 0 aliphatic carbocycles. The Hall–Kier alpha value is -3.86. The van der Waals surface area contributed by atoms with E-state index in [1.54, 1.807) is 0 Å². The molecule has 1 N–H and O–H groups in total. The molecular weight excluding hydrogens is 917 g/mol. The van der Waals surface area contributed by atoms with Crippen LogP contribution in [0.1, 0.15) is 217 Å². The van der Waals surface area contributed by atoms with Gasteiger partial charge in [0.05, 0.1) is 13.2 Å². The predicted molar refractivity (Wildman–Crippen MR) is 307 cm³/mol. The summed E-state index contributed by atoms with van der Waals surface area (Å²) in [6.07, 6.45) is 0.550. The maximum absolute atomic E-state index is 6.99. The molecule has 0 bridgehead atoms. The van der Waals surface area contributed by atoms with Gasteiger partial charge in [-0.25, -0.2) is 0 Å². The van der Waals surface area contributed by atoms with E-state index in [-0.39, 0.29) is 43.3 Å². The Labute approximate surface area is 430 Å². The van der Waals surface area contributed by atoms with Crippen LogP contribution in [-0.4, -0.2) is 19.8 Å². The van der Waals surface area contributed by atoms with Gasteiger partial charge in [-0.1, -0.05) is 197 Å². The van der Waals surface area contributed by atoms with Crippen LogP contribution in [0.5, 0.6) is 0 Å². The second kappa shape index (κ2) is 19.4. The molecular formula is C62H91NO6P2. The minimum Gasteiger partial charge on any atom is -0.399 e. The normalized spacial score (nSPS) is 13.7. The Bertz CT molecular complexity index is 2850. The van der Waals surface area contributed by atoms with E-state index in [2.05, 4.69) is 227 Å². The molecule has 71 heavy (non-hydrogen) atoms. The largest absolute Gasteiger partial charge is 0.399 e. The molecule has 390 valence electrons. The van der Waals surface area contributed by atoms with Crippen LogP contribution < -0.4 is 14.4 Å². The van der Waals surface area contributed by atoms with Gasteiger partial charge in [0.15, 0.2) is 0 Å². The smallest absolute Gasteiger partial charge is 0.387 e. The Kier molecular flexibility index (Phi) is 15.5. The minimum atomic E-state index is -1.84. The summed E-state index contributed by atoms with van der Waals surface area (Å²) < 4.78 is 41.2. The van der Waals surface area contributed by atoms with Crippen LogP contribution >= 0.6 is 16.5 Å². The molecule has 9 heteroatoms. The van der Waals surface area contributed by atoms with Crippen molar-refractivity contribution in [3.05, 3.63) is 105 Å². The number of hydrogen-bond donors (Lipinski definition) is 1. The van der Waals surface area contributed by atoms with Gasteiger partial charge < -0.3 is 22.1 Å². The number of benzene rings is 4. The first kappa shape index (κ1) is 56.4. The molecule has 0 aliphatic heterocycles. The first-order chi connectivity index (χ1) is 32.2. The van der Waals surface area contributed by atoms with Crippen molar-refractivity contribution >= 4 is 60.4 Å². The lowest BCUT2D eigenvalue weighted by molar-refractivity contribution is 0.358. The van der Waals surface area contributed by atoms with Gasteiger partial charge in [0.1, 0.15) is 22.3 Å². The van der Waals surface area contributed by atoms with Crippen molar-refractivity contribution in [2.75, 3.05) is 19.8 Å². The van der Waals surface area contributed by atoms with Gasteiger partial charge in [-0.15, -0.1) is 0 Å². The van der Waals surface area contributed by atoms with E-state index in [9.17, 15) is 0 Å². The predicted octanol–water partition coefficient (Wildman–Crippen LogP) is 19.3. The average Bonchev–Trinajstić information content (AvgIpc) is 3.45.